The number of esters is 1. The Morgan fingerprint density at radius 2 is 1.56 bits per heavy atom. The Bertz CT molecular complexity index is 816. The van der Waals surface area contributed by atoms with Crippen LogP contribution in [0, 0.1) is 11.8 Å². The first-order chi connectivity index (χ1) is 13.0. The molecule has 1 aliphatic rings. The highest BCUT2D eigenvalue weighted by molar-refractivity contribution is 5.75. The van der Waals surface area contributed by atoms with E-state index in [0.29, 0.717) is 36.7 Å². The molecule has 2 aromatic carbocycles. The van der Waals surface area contributed by atoms with E-state index in [1.807, 2.05) is 24.3 Å². The summed E-state index contributed by atoms with van der Waals surface area (Å²) in [4.78, 5) is 12.3. The average molecular weight is 372 g/mol. The molecule has 0 bridgehead atoms. The van der Waals surface area contributed by atoms with E-state index in [-0.39, 0.29) is 23.6 Å². The molecule has 1 fully saturated rings. The second kappa shape index (κ2) is 8.20. The van der Waals surface area contributed by atoms with Crippen LogP contribution in [0.1, 0.15) is 11.1 Å². The van der Waals surface area contributed by atoms with Crippen molar-refractivity contribution in [1.29, 1.82) is 0 Å². The van der Waals surface area contributed by atoms with Crippen molar-refractivity contribution < 1.29 is 28.8 Å². The molecular weight excluding hydrogens is 348 g/mol. The summed E-state index contributed by atoms with van der Waals surface area (Å²) < 4.78 is 21.0. The van der Waals surface area contributed by atoms with Gasteiger partial charge in [-0.15, -0.1) is 0 Å². The topological polar surface area (TPSA) is 74.2 Å². The predicted molar refractivity (Wildman–Crippen MR) is 99.6 cm³/mol. The summed E-state index contributed by atoms with van der Waals surface area (Å²) >= 11 is 0. The number of phenolic OH excluding ortho intramolecular Hbond substituents is 1. The molecule has 0 saturated carbocycles. The summed E-state index contributed by atoms with van der Waals surface area (Å²) in [5.74, 6) is 1.42. The van der Waals surface area contributed by atoms with Gasteiger partial charge in [0, 0.05) is 5.92 Å². The highest BCUT2D eigenvalue weighted by Gasteiger charge is 2.37. The summed E-state index contributed by atoms with van der Waals surface area (Å²) in [6, 6.07) is 11.0. The summed E-state index contributed by atoms with van der Waals surface area (Å²) in [7, 11) is 4.69. The Labute approximate surface area is 158 Å². The number of benzene rings is 2. The number of cyclic esters (lactones) is 1. The van der Waals surface area contributed by atoms with Crippen LogP contribution in [-0.2, 0) is 22.4 Å². The van der Waals surface area contributed by atoms with Crippen LogP contribution < -0.4 is 14.2 Å². The number of hydrogen-bond donors (Lipinski definition) is 1. The summed E-state index contributed by atoms with van der Waals surface area (Å²) in [5.41, 5.74) is 1.92. The van der Waals surface area contributed by atoms with Gasteiger partial charge in [0.15, 0.2) is 23.0 Å². The third kappa shape index (κ3) is 4.10. The molecule has 3 rings (SSSR count). The zero-order chi connectivity index (χ0) is 19.4. The van der Waals surface area contributed by atoms with Crippen LogP contribution >= 0.6 is 0 Å². The van der Waals surface area contributed by atoms with E-state index in [1.54, 1.807) is 26.4 Å². The van der Waals surface area contributed by atoms with Gasteiger partial charge in [-0.05, 0) is 48.2 Å². The van der Waals surface area contributed by atoms with Gasteiger partial charge in [-0.3, -0.25) is 4.79 Å². The highest BCUT2D eigenvalue weighted by Crippen LogP contribution is 2.34. The summed E-state index contributed by atoms with van der Waals surface area (Å²) in [5, 5.41) is 9.98. The Morgan fingerprint density at radius 1 is 0.926 bits per heavy atom. The van der Waals surface area contributed by atoms with Crippen molar-refractivity contribution in [3.63, 3.8) is 0 Å². The van der Waals surface area contributed by atoms with Crippen LogP contribution in [0.25, 0.3) is 0 Å². The smallest absolute Gasteiger partial charge is 0.309 e. The Morgan fingerprint density at radius 3 is 2.19 bits per heavy atom. The molecule has 0 unspecified atom stereocenters. The van der Waals surface area contributed by atoms with Gasteiger partial charge in [0.05, 0.1) is 33.9 Å². The fraction of sp³-hybridized carbons (Fsp3) is 0.381. The molecule has 2 atom stereocenters. The van der Waals surface area contributed by atoms with Crippen LogP contribution in [0.15, 0.2) is 36.4 Å². The largest absolute Gasteiger partial charge is 0.504 e. The van der Waals surface area contributed by atoms with E-state index in [4.69, 9.17) is 18.9 Å². The molecule has 1 heterocycles. The van der Waals surface area contributed by atoms with Crippen molar-refractivity contribution in [3.8, 4) is 23.0 Å². The fourth-order valence-electron chi connectivity index (χ4n) is 3.48. The molecule has 6 heteroatoms. The minimum Gasteiger partial charge on any atom is -0.504 e. The number of aromatic hydroxyl groups is 1. The molecule has 0 amide bonds. The molecule has 2 aromatic rings. The number of methoxy groups -OCH3 is 3. The SMILES string of the molecule is COc1ccc(C[C@H]2COC(=O)[C@@H]2Cc2ccc(OC)c(OC)c2)cc1O. The van der Waals surface area contributed by atoms with Crippen molar-refractivity contribution in [2.24, 2.45) is 11.8 Å². The molecule has 0 aliphatic carbocycles. The van der Waals surface area contributed by atoms with Gasteiger partial charge in [0.1, 0.15) is 0 Å². The van der Waals surface area contributed by atoms with E-state index >= 15 is 0 Å². The average Bonchev–Trinajstić information content (AvgIpc) is 3.01. The number of phenols is 1. The van der Waals surface area contributed by atoms with Gasteiger partial charge >= 0.3 is 5.97 Å². The zero-order valence-electron chi connectivity index (χ0n) is 15.7. The first kappa shape index (κ1) is 18.9. The highest BCUT2D eigenvalue weighted by atomic mass is 16.5. The van der Waals surface area contributed by atoms with Gasteiger partial charge in [-0.2, -0.15) is 0 Å². The minimum atomic E-state index is -0.243. The molecule has 1 saturated heterocycles. The third-order valence-corrected chi connectivity index (χ3v) is 4.96. The van der Waals surface area contributed by atoms with E-state index in [0.717, 1.165) is 11.1 Å². The molecule has 6 nitrogen and oxygen atoms in total. The maximum atomic E-state index is 12.3. The lowest BCUT2D eigenvalue weighted by molar-refractivity contribution is -0.141. The quantitative estimate of drug-likeness (QED) is 0.753. The summed E-state index contributed by atoms with van der Waals surface area (Å²) in [6.07, 6.45) is 1.20. The lowest BCUT2D eigenvalue weighted by Crippen LogP contribution is -2.20. The first-order valence-corrected chi connectivity index (χ1v) is 8.79. The van der Waals surface area contributed by atoms with Crippen molar-refractivity contribution >= 4 is 5.97 Å². The number of carbonyl (C=O) groups is 1. The standard InChI is InChI=1S/C21H24O6/c1-24-18-6-4-13(10-17(18)22)8-15-12-27-21(23)16(15)9-14-5-7-19(25-2)20(11-14)26-3/h4-7,10-11,15-16,22H,8-9,12H2,1-3H3/t15-,16+/m0/s1. The van der Waals surface area contributed by atoms with Gasteiger partial charge in [-0.25, -0.2) is 0 Å². The van der Waals surface area contributed by atoms with Gasteiger partial charge in [-0.1, -0.05) is 12.1 Å². The van der Waals surface area contributed by atoms with Gasteiger partial charge in [0.25, 0.3) is 0 Å². The van der Waals surface area contributed by atoms with Gasteiger partial charge in [0.2, 0.25) is 0 Å². The molecule has 1 N–H and O–H groups in total. The third-order valence-electron chi connectivity index (χ3n) is 4.96. The Balaban J connectivity index is 1.75. The number of rotatable bonds is 7. The zero-order valence-corrected chi connectivity index (χ0v) is 15.7. The number of ether oxygens (including phenoxy) is 4. The second-order valence-corrected chi connectivity index (χ2v) is 6.60. The second-order valence-electron chi connectivity index (χ2n) is 6.60. The predicted octanol–water partition coefficient (Wildman–Crippen LogP) is 2.99. The lowest BCUT2D eigenvalue weighted by atomic mass is 9.85. The number of carbonyl (C=O) groups excluding carboxylic acids is 1. The Hall–Kier alpha value is -2.89. The van der Waals surface area contributed by atoms with Crippen LogP contribution in [-0.4, -0.2) is 39.0 Å². The molecule has 1 aliphatic heterocycles. The number of hydrogen-bond acceptors (Lipinski definition) is 6. The van der Waals surface area contributed by atoms with Crippen molar-refractivity contribution in [2.45, 2.75) is 12.8 Å². The lowest BCUT2D eigenvalue weighted by Gasteiger charge is -2.17. The van der Waals surface area contributed by atoms with Gasteiger partial charge < -0.3 is 24.1 Å². The van der Waals surface area contributed by atoms with Crippen molar-refractivity contribution in [1.82, 2.24) is 0 Å². The maximum absolute atomic E-state index is 12.3. The van der Waals surface area contributed by atoms with Crippen LogP contribution in [0.3, 0.4) is 0 Å². The fourth-order valence-corrected chi connectivity index (χ4v) is 3.48. The van der Waals surface area contributed by atoms with E-state index in [2.05, 4.69) is 0 Å². The molecule has 27 heavy (non-hydrogen) atoms. The molecule has 0 spiro atoms. The minimum absolute atomic E-state index is 0.0402. The van der Waals surface area contributed by atoms with Crippen LogP contribution in [0.4, 0.5) is 0 Å². The van der Waals surface area contributed by atoms with E-state index in [9.17, 15) is 9.90 Å². The summed E-state index contributed by atoms with van der Waals surface area (Å²) in [6.45, 7) is 0.379. The van der Waals surface area contributed by atoms with Crippen LogP contribution in [0.2, 0.25) is 0 Å². The maximum Gasteiger partial charge on any atom is 0.309 e. The molecule has 0 aromatic heterocycles. The normalized spacial score (nSPS) is 18.9. The van der Waals surface area contributed by atoms with E-state index < -0.39 is 0 Å². The Kier molecular flexibility index (Phi) is 5.74. The van der Waals surface area contributed by atoms with Crippen molar-refractivity contribution in [2.75, 3.05) is 27.9 Å². The molecule has 0 radical (unpaired) electrons. The monoisotopic (exact) mass is 372 g/mol. The first-order valence-electron chi connectivity index (χ1n) is 8.79. The van der Waals surface area contributed by atoms with Crippen LogP contribution in [0.5, 0.6) is 23.0 Å². The van der Waals surface area contributed by atoms with E-state index in [1.165, 1.54) is 7.11 Å². The van der Waals surface area contributed by atoms with Crippen molar-refractivity contribution in [3.05, 3.63) is 47.5 Å². The molecule has 144 valence electrons. The molecular formula is C21H24O6.